The van der Waals surface area contributed by atoms with Crippen LogP contribution in [0.15, 0.2) is 0 Å². The third-order valence-electron chi connectivity index (χ3n) is 1.87. The average Bonchev–Trinajstić information content (AvgIpc) is 2.11. The van der Waals surface area contributed by atoms with Crippen molar-refractivity contribution in [2.45, 2.75) is 54.0 Å². The monoisotopic (exact) mass is 482 g/mol. The van der Waals surface area contributed by atoms with Crippen LogP contribution >= 0.6 is 45.2 Å². The largest absolute Gasteiger partial charge is 0.461 e. The van der Waals surface area contributed by atoms with Crippen LogP contribution in [0.2, 0.25) is 0 Å². The Morgan fingerprint density at radius 2 is 1.50 bits per heavy atom. The summed E-state index contributed by atoms with van der Waals surface area (Å²) in [6.07, 6.45) is 0.734. The van der Waals surface area contributed by atoms with E-state index in [-0.39, 0.29) is 26.4 Å². The van der Waals surface area contributed by atoms with Crippen molar-refractivity contribution in [3.05, 3.63) is 0 Å². The third-order valence-corrected chi connectivity index (χ3v) is 2.75. The van der Waals surface area contributed by atoms with Gasteiger partial charge in [0, 0.05) is 7.85 Å². The van der Waals surface area contributed by atoms with Crippen LogP contribution < -0.4 is 0 Å². The van der Waals surface area contributed by atoms with Crippen LogP contribution in [-0.2, 0) is 19.1 Å². The first-order valence-corrected chi connectivity index (χ1v) is 8.27. The van der Waals surface area contributed by atoms with Gasteiger partial charge in [-0.1, -0.05) is 59.0 Å². The molecule has 0 aromatic rings. The van der Waals surface area contributed by atoms with E-state index >= 15 is 0 Å². The van der Waals surface area contributed by atoms with Crippen LogP contribution in [0, 0.1) is 0 Å². The number of rotatable bonds is 7. The van der Waals surface area contributed by atoms with Gasteiger partial charge < -0.3 is 9.47 Å². The first-order valence-electron chi connectivity index (χ1n) is 5.78. The molecule has 0 heterocycles. The maximum atomic E-state index is 11.5. The summed E-state index contributed by atoms with van der Waals surface area (Å²) < 4.78 is 10.8. The molecule has 0 rings (SSSR count). The van der Waals surface area contributed by atoms with Gasteiger partial charge in [-0.15, -0.1) is 0 Å². The molecular weight excluding hydrogens is 462 g/mol. The highest BCUT2D eigenvalue weighted by Gasteiger charge is 2.25. The molecule has 18 heavy (non-hydrogen) atoms. The van der Waals surface area contributed by atoms with E-state index in [2.05, 4.69) is 45.2 Å². The molecule has 0 saturated heterocycles. The number of carbonyl (C=O) groups excluding carboxylic acids is 2. The highest BCUT2D eigenvalue weighted by molar-refractivity contribution is 14.1. The quantitative estimate of drug-likeness (QED) is 0.318. The molecule has 0 aromatic carbocycles. The normalized spacial score (nSPS) is 14.8. The van der Waals surface area contributed by atoms with Crippen molar-refractivity contribution in [1.29, 1.82) is 0 Å². The van der Waals surface area contributed by atoms with Crippen molar-refractivity contribution in [3.8, 4) is 0 Å². The Hall–Kier alpha value is 0.400. The van der Waals surface area contributed by atoms with Crippen molar-refractivity contribution >= 4 is 57.1 Å². The molecule has 0 aliphatic heterocycles. The standard InChI is InChI=1S/C12H20I2O4/c1-8(13)5-10(15)17-7-12(3,4)18-11(16)6-9(2)14/h8-9H,5-7H2,1-4H3. The third kappa shape index (κ3) is 10.3. The predicted molar refractivity (Wildman–Crippen MR) is 87.3 cm³/mol. The molecule has 0 fully saturated rings. The molecule has 106 valence electrons. The predicted octanol–water partition coefficient (Wildman–Crippen LogP) is 3.28. The Morgan fingerprint density at radius 3 is 1.94 bits per heavy atom. The van der Waals surface area contributed by atoms with Gasteiger partial charge in [-0.25, -0.2) is 0 Å². The number of carbonyl (C=O) groups is 2. The fourth-order valence-corrected chi connectivity index (χ4v) is 1.87. The summed E-state index contributed by atoms with van der Waals surface area (Å²) in [6, 6.07) is 0. The topological polar surface area (TPSA) is 52.6 Å². The molecule has 0 aliphatic rings. The van der Waals surface area contributed by atoms with Crippen molar-refractivity contribution in [3.63, 3.8) is 0 Å². The summed E-state index contributed by atoms with van der Waals surface area (Å²) in [4.78, 5) is 22.9. The number of ether oxygens (including phenoxy) is 2. The first kappa shape index (κ1) is 18.4. The molecule has 0 radical (unpaired) electrons. The summed E-state index contributed by atoms with van der Waals surface area (Å²) in [5.74, 6) is -0.525. The first-order chi connectivity index (χ1) is 8.12. The Kier molecular flexibility index (Phi) is 8.74. The summed E-state index contributed by atoms with van der Waals surface area (Å²) in [5.41, 5.74) is -0.771. The minimum atomic E-state index is -0.771. The molecule has 0 bridgehead atoms. The van der Waals surface area contributed by atoms with Crippen molar-refractivity contribution < 1.29 is 19.1 Å². The molecule has 2 atom stereocenters. The molecule has 4 nitrogen and oxygen atoms in total. The van der Waals surface area contributed by atoms with Crippen molar-refractivity contribution in [2.75, 3.05) is 6.61 Å². The van der Waals surface area contributed by atoms with E-state index in [0.717, 1.165) is 0 Å². The second-order valence-electron chi connectivity index (χ2n) is 4.86. The molecule has 2 unspecified atom stereocenters. The highest BCUT2D eigenvalue weighted by Crippen LogP contribution is 2.15. The van der Waals surface area contributed by atoms with E-state index in [4.69, 9.17) is 9.47 Å². The van der Waals surface area contributed by atoms with Crippen molar-refractivity contribution in [1.82, 2.24) is 0 Å². The maximum Gasteiger partial charge on any atom is 0.307 e. The van der Waals surface area contributed by atoms with E-state index in [9.17, 15) is 9.59 Å². The Morgan fingerprint density at radius 1 is 1.06 bits per heavy atom. The van der Waals surface area contributed by atoms with Gasteiger partial charge in [0.05, 0.1) is 12.8 Å². The van der Waals surface area contributed by atoms with Crippen LogP contribution in [-0.4, -0.2) is 32.0 Å². The lowest BCUT2D eigenvalue weighted by atomic mass is 10.1. The van der Waals surface area contributed by atoms with Gasteiger partial charge in [-0.3, -0.25) is 9.59 Å². The van der Waals surface area contributed by atoms with E-state index in [1.807, 2.05) is 13.8 Å². The van der Waals surface area contributed by atoms with Crippen molar-refractivity contribution in [2.24, 2.45) is 0 Å². The zero-order chi connectivity index (χ0) is 14.3. The Balaban J connectivity index is 4.07. The lowest BCUT2D eigenvalue weighted by molar-refractivity contribution is -0.168. The SMILES string of the molecule is CC(I)CC(=O)OCC(C)(C)OC(=O)CC(C)I. The van der Waals surface area contributed by atoms with Gasteiger partial charge in [0.25, 0.3) is 0 Å². The molecule has 0 N–H and O–H groups in total. The maximum absolute atomic E-state index is 11.5. The summed E-state index contributed by atoms with van der Waals surface area (Å²) >= 11 is 4.33. The molecule has 0 spiro atoms. The number of hydrogen-bond donors (Lipinski definition) is 0. The van der Waals surface area contributed by atoms with Gasteiger partial charge in [0.15, 0.2) is 0 Å². The van der Waals surface area contributed by atoms with Gasteiger partial charge in [-0.2, -0.15) is 0 Å². The van der Waals surface area contributed by atoms with E-state index in [1.54, 1.807) is 13.8 Å². The molecule has 0 aromatic heterocycles. The van der Waals surface area contributed by atoms with Crippen LogP contribution in [0.5, 0.6) is 0 Å². The lowest BCUT2D eigenvalue weighted by Crippen LogP contribution is -2.35. The molecule has 0 amide bonds. The van der Waals surface area contributed by atoms with Gasteiger partial charge in [-0.05, 0) is 13.8 Å². The Labute approximate surface area is 136 Å². The fraction of sp³-hybridized carbons (Fsp3) is 0.833. The van der Waals surface area contributed by atoms with Crippen LogP contribution in [0.3, 0.4) is 0 Å². The van der Waals surface area contributed by atoms with Crippen LogP contribution in [0.1, 0.15) is 40.5 Å². The van der Waals surface area contributed by atoms with Gasteiger partial charge in [0.1, 0.15) is 12.2 Å². The zero-order valence-electron chi connectivity index (χ0n) is 11.2. The number of esters is 2. The van der Waals surface area contributed by atoms with E-state index < -0.39 is 5.60 Å². The zero-order valence-corrected chi connectivity index (χ0v) is 15.5. The van der Waals surface area contributed by atoms with E-state index in [1.165, 1.54) is 0 Å². The average molecular weight is 482 g/mol. The number of alkyl halides is 2. The molecule has 0 saturated carbocycles. The second-order valence-corrected chi connectivity index (χ2v) is 9.12. The van der Waals surface area contributed by atoms with Gasteiger partial charge >= 0.3 is 11.9 Å². The summed E-state index contributed by atoms with van der Waals surface area (Å²) in [6.45, 7) is 7.45. The second kappa shape index (κ2) is 8.55. The minimum absolute atomic E-state index is 0.0938. The minimum Gasteiger partial charge on any atom is -0.461 e. The Bertz CT molecular complexity index is 288. The molecule has 6 heteroatoms. The summed E-state index contributed by atoms with van der Waals surface area (Å²) in [5, 5.41) is 0. The number of hydrogen-bond acceptors (Lipinski definition) is 4. The van der Waals surface area contributed by atoms with E-state index in [0.29, 0.717) is 12.8 Å². The molecular formula is C12H20I2O4. The highest BCUT2D eigenvalue weighted by atomic mass is 127. The summed E-state index contributed by atoms with van der Waals surface area (Å²) in [7, 11) is 0. The number of halogens is 2. The van der Waals surface area contributed by atoms with Crippen LogP contribution in [0.4, 0.5) is 0 Å². The molecule has 0 aliphatic carbocycles. The smallest absolute Gasteiger partial charge is 0.307 e. The van der Waals surface area contributed by atoms with Crippen LogP contribution in [0.25, 0.3) is 0 Å². The van der Waals surface area contributed by atoms with Gasteiger partial charge in [0.2, 0.25) is 0 Å². The fourth-order valence-electron chi connectivity index (χ4n) is 1.15. The lowest BCUT2D eigenvalue weighted by Gasteiger charge is -2.25.